The maximum Gasteiger partial charge on any atom is 0.266 e. The molecule has 2 aromatic heterocycles. The molecule has 4 rings (SSSR count). The molecule has 6 nitrogen and oxygen atoms in total. The molecule has 0 bridgehead atoms. The molecule has 25 heavy (non-hydrogen) atoms. The van der Waals surface area contributed by atoms with Gasteiger partial charge in [-0.25, -0.2) is 4.68 Å². The number of hydrogen-bond donors (Lipinski definition) is 1. The Kier molecular flexibility index (Phi) is 3.87. The lowest BCUT2D eigenvalue weighted by atomic mass is 9.98. The van der Waals surface area contributed by atoms with Crippen molar-refractivity contribution in [2.75, 3.05) is 13.1 Å². The summed E-state index contributed by atoms with van der Waals surface area (Å²) in [6, 6.07) is 11.3. The predicted octanol–water partition coefficient (Wildman–Crippen LogP) is 1.73. The summed E-state index contributed by atoms with van der Waals surface area (Å²) in [5, 5.41) is 5.36. The van der Waals surface area contributed by atoms with Crippen LogP contribution in [-0.4, -0.2) is 38.7 Å². The monoisotopic (exact) mass is 336 g/mol. The summed E-state index contributed by atoms with van der Waals surface area (Å²) in [5.41, 5.74) is 2.82. The number of fused-ring (bicyclic) bond motifs is 1. The van der Waals surface area contributed by atoms with Crippen molar-refractivity contribution >= 4 is 16.8 Å². The number of likely N-dealkylation sites (tertiary alicyclic amines) is 1. The Morgan fingerprint density at radius 1 is 1.24 bits per heavy atom. The molecule has 0 atom stereocenters. The molecule has 0 radical (unpaired) electrons. The van der Waals surface area contributed by atoms with Gasteiger partial charge in [0.2, 0.25) is 5.91 Å². The highest BCUT2D eigenvalue weighted by molar-refractivity contribution is 5.89. The molecule has 1 N–H and O–H groups in total. The van der Waals surface area contributed by atoms with Crippen molar-refractivity contribution in [3.05, 3.63) is 64.2 Å². The number of aryl methyl sites for hydroxylation is 1. The fourth-order valence-corrected chi connectivity index (χ4v) is 3.37. The van der Waals surface area contributed by atoms with E-state index in [2.05, 4.69) is 10.1 Å². The highest BCUT2D eigenvalue weighted by Crippen LogP contribution is 2.22. The number of nitrogens with one attached hydrogen (secondary N) is 1. The molecule has 3 aromatic rings. The first-order valence-electron chi connectivity index (χ1n) is 8.47. The van der Waals surface area contributed by atoms with E-state index in [4.69, 9.17) is 0 Å². The summed E-state index contributed by atoms with van der Waals surface area (Å²) in [4.78, 5) is 29.4. The smallest absolute Gasteiger partial charge is 0.266 e. The first-order chi connectivity index (χ1) is 12.1. The Morgan fingerprint density at radius 2 is 2.04 bits per heavy atom. The molecule has 0 spiro atoms. The SMILES string of the molecule is Cc1ccc(=O)n(CC2CN(C(=O)Cc3c[nH]c4ccccc34)C2)n1. The van der Waals surface area contributed by atoms with E-state index in [0.29, 0.717) is 32.0 Å². The number of nitrogens with zero attached hydrogens (tertiary/aromatic N) is 3. The molecule has 1 aliphatic rings. The third-order valence-corrected chi connectivity index (χ3v) is 4.76. The number of para-hydroxylation sites is 1. The van der Waals surface area contributed by atoms with Crippen LogP contribution in [0.3, 0.4) is 0 Å². The van der Waals surface area contributed by atoms with Gasteiger partial charge < -0.3 is 9.88 Å². The quantitative estimate of drug-likeness (QED) is 0.789. The summed E-state index contributed by atoms with van der Waals surface area (Å²) >= 11 is 0. The first-order valence-corrected chi connectivity index (χ1v) is 8.47. The van der Waals surface area contributed by atoms with Gasteiger partial charge in [-0.2, -0.15) is 5.10 Å². The van der Waals surface area contributed by atoms with Crippen molar-refractivity contribution in [2.24, 2.45) is 5.92 Å². The number of amides is 1. The van der Waals surface area contributed by atoms with E-state index in [9.17, 15) is 9.59 Å². The standard InChI is InChI=1S/C19H20N4O2/c1-13-6-7-18(24)23(21-13)12-14-10-22(11-14)19(25)8-15-9-20-17-5-3-2-4-16(15)17/h2-7,9,14,20H,8,10-12H2,1H3. The Bertz CT molecular complexity index is 982. The third kappa shape index (κ3) is 3.07. The number of aromatic nitrogens is 3. The Labute approximate surface area is 145 Å². The number of H-pyrrole nitrogens is 1. The minimum absolute atomic E-state index is 0.0887. The number of carbonyl (C=O) groups excluding carboxylic acids is 1. The van der Waals surface area contributed by atoms with Gasteiger partial charge in [0.05, 0.1) is 18.7 Å². The zero-order valence-corrected chi connectivity index (χ0v) is 14.1. The van der Waals surface area contributed by atoms with Crippen molar-refractivity contribution in [1.82, 2.24) is 19.7 Å². The van der Waals surface area contributed by atoms with Crippen LogP contribution in [0.25, 0.3) is 10.9 Å². The van der Waals surface area contributed by atoms with E-state index in [1.807, 2.05) is 42.3 Å². The molecule has 0 unspecified atom stereocenters. The summed E-state index contributed by atoms with van der Waals surface area (Å²) in [7, 11) is 0. The van der Waals surface area contributed by atoms with Crippen LogP contribution in [0.5, 0.6) is 0 Å². The van der Waals surface area contributed by atoms with Crippen molar-refractivity contribution in [3.8, 4) is 0 Å². The van der Waals surface area contributed by atoms with E-state index >= 15 is 0 Å². The highest BCUT2D eigenvalue weighted by atomic mass is 16.2. The van der Waals surface area contributed by atoms with Gasteiger partial charge in [-0.15, -0.1) is 0 Å². The van der Waals surface area contributed by atoms with Gasteiger partial charge in [-0.05, 0) is 24.6 Å². The third-order valence-electron chi connectivity index (χ3n) is 4.76. The molecule has 1 fully saturated rings. The second-order valence-electron chi connectivity index (χ2n) is 6.70. The second-order valence-corrected chi connectivity index (χ2v) is 6.70. The fourth-order valence-electron chi connectivity index (χ4n) is 3.37. The van der Waals surface area contributed by atoms with Gasteiger partial charge >= 0.3 is 0 Å². The zero-order chi connectivity index (χ0) is 17.4. The lowest BCUT2D eigenvalue weighted by Crippen LogP contribution is -2.52. The van der Waals surface area contributed by atoms with Crippen LogP contribution in [0, 0.1) is 12.8 Å². The molecule has 128 valence electrons. The molecule has 1 aliphatic heterocycles. The molecule has 1 aromatic carbocycles. The Balaban J connectivity index is 1.36. The number of rotatable bonds is 4. The summed E-state index contributed by atoms with van der Waals surface area (Å²) < 4.78 is 1.50. The van der Waals surface area contributed by atoms with E-state index in [0.717, 1.165) is 22.2 Å². The molecule has 0 saturated carbocycles. The largest absolute Gasteiger partial charge is 0.361 e. The zero-order valence-electron chi connectivity index (χ0n) is 14.1. The summed E-state index contributed by atoms with van der Waals surface area (Å²) in [6.07, 6.45) is 2.31. The van der Waals surface area contributed by atoms with Gasteiger partial charge in [-0.3, -0.25) is 9.59 Å². The molecule has 6 heteroatoms. The fraction of sp³-hybridized carbons (Fsp3) is 0.316. The molecule has 0 aliphatic carbocycles. The minimum Gasteiger partial charge on any atom is -0.361 e. The van der Waals surface area contributed by atoms with E-state index in [1.54, 1.807) is 12.1 Å². The van der Waals surface area contributed by atoms with E-state index in [-0.39, 0.29) is 11.5 Å². The number of benzene rings is 1. The van der Waals surface area contributed by atoms with Gasteiger partial charge in [0.1, 0.15) is 0 Å². The minimum atomic E-state index is -0.0887. The Morgan fingerprint density at radius 3 is 2.88 bits per heavy atom. The van der Waals surface area contributed by atoms with Gasteiger partial charge in [-0.1, -0.05) is 18.2 Å². The normalized spacial score (nSPS) is 14.7. The average molecular weight is 336 g/mol. The van der Waals surface area contributed by atoms with Crippen LogP contribution >= 0.6 is 0 Å². The van der Waals surface area contributed by atoms with Crippen molar-refractivity contribution in [2.45, 2.75) is 19.9 Å². The van der Waals surface area contributed by atoms with Crippen LogP contribution in [0.1, 0.15) is 11.3 Å². The molecule has 1 saturated heterocycles. The highest BCUT2D eigenvalue weighted by Gasteiger charge is 2.31. The average Bonchev–Trinajstić information content (AvgIpc) is 2.96. The van der Waals surface area contributed by atoms with E-state index in [1.165, 1.54) is 4.68 Å². The lowest BCUT2D eigenvalue weighted by Gasteiger charge is -2.39. The number of hydrogen-bond acceptors (Lipinski definition) is 3. The van der Waals surface area contributed by atoms with E-state index < -0.39 is 0 Å². The van der Waals surface area contributed by atoms with Crippen LogP contribution in [0.15, 0.2) is 47.4 Å². The van der Waals surface area contributed by atoms with Crippen LogP contribution in [-0.2, 0) is 17.8 Å². The molecular formula is C19H20N4O2. The van der Waals surface area contributed by atoms with Crippen LogP contribution < -0.4 is 5.56 Å². The topological polar surface area (TPSA) is 71.0 Å². The maximum absolute atomic E-state index is 12.5. The summed E-state index contributed by atoms with van der Waals surface area (Å²) in [6.45, 7) is 3.80. The lowest BCUT2D eigenvalue weighted by molar-refractivity contribution is -0.137. The van der Waals surface area contributed by atoms with Crippen molar-refractivity contribution in [3.63, 3.8) is 0 Å². The Hall–Kier alpha value is -2.89. The first kappa shape index (κ1) is 15.6. The number of carbonyl (C=O) groups is 1. The maximum atomic E-state index is 12.5. The molecule has 3 heterocycles. The van der Waals surface area contributed by atoms with Gasteiger partial charge in [0, 0.05) is 42.2 Å². The number of aromatic amines is 1. The van der Waals surface area contributed by atoms with Gasteiger partial charge in [0.25, 0.3) is 5.56 Å². The van der Waals surface area contributed by atoms with Gasteiger partial charge in [0.15, 0.2) is 0 Å². The van der Waals surface area contributed by atoms with Crippen molar-refractivity contribution < 1.29 is 4.79 Å². The summed E-state index contributed by atoms with van der Waals surface area (Å²) in [5.74, 6) is 0.421. The molecule has 1 amide bonds. The second kappa shape index (κ2) is 6.20. The van der Waals surface area contributed by atoms with Crippen LogP contribution in [0.4, 0.5) is 0 Å². The molecular weight excluding hydrogens is 316 g/mol. The van der Waals surface area contributed by atoms with Crippen LogP contribution in [0.2, 0.25) is 0 Å². The van der Waals surface area contributed by atoms with Crippen molar-refractivity contribution in [1.29, 1.82) is 0 Å². The predicted molar refractivity (Wildman–Crippen MR) is 95.3 cm³/mol.